The van der Waals surface area contributed by atoms with E-state index in [0.29, 0.717) is 0 Å². The zero-order valence-electron chi connectivity index (χ0n) is 13.0. The largest absolute Gasteiger partial charge is 0.451 e. The fraction of sp³-hybridized carbons (Fsp3) is 0.100. The van der Waals surface area contributed by atoms with Gasteiger partial charge in [-0.1, -0.05) is 66.7 Å². The number of ether oxygens (including phenoxy) is 1. The van der Waals surface area contributed by atoms with Gasteiger partial charge in [0.1, 0.15) is 6.54 Å². The van der Waals surface area contributed by atoms with Crippen LogP contribution in [0, 0.1) is 0 Å². The number of carbonyl (C=O) groups is 1. The molecule has 120 valence electrons. The van der Waals surface area contributed by atoms with Gasteiger partial charge in [-0.25, -0.2) is 0 Å². The predicted molar refractivity (Wildman–Crippen MR) is 91.5 cm³/mol. The molecular weight excluding hydrogens is 302 g/mol. The Morgan fingerprint density at radius 3 is 1.92 bits per heavy atom. The maximum atomic E-state index is 12.3. The molecule has 0 fully saturated rings. The van der Waals surface area contributed by atoms with Crippen molar-refractivity contribution in [3.05, 3.63) is 107 Å². The SMILES string of the molecule is O=C(Cn1ccccc1=O)OC(c1ccccc1)c1ccccc1. The highest BCUT2D eigenvalue weighted by molar-refractivity contribution is 5.70. The molecule has 24 heavy (non-hydrogen) atoms. The molecule has 0 aliphatic heterocycles. The van der Waals surface area contributed by atoms with Crippen molar-refractivity contribution in [3.8, 4) is 0 Å². The molecule has 0 unspecified atom stereocenters. The first-order valence-corrected chi connectivity index (χ1v) is 7.69. The van der Waals surface area contributed by atoms with Gasteiger partial charge in [0.15, 0.2) is 6.10 Å². The zero-order valence-corrected chi connectivity index (χ0v) is 13.0. The second-order valence-electron chi connectivity index (χ2n) is 5.36. The summed E-state index contributed by atoms with van der Waals surface area (Å²) in [5, 5.41) is 0. The average molecular weight is 319 g/mol. The van der Waals surface area contributed by atoms with E-state index in [-0.39, 0.29) is 12.1 Å². The smallest absolute Gasteiger partial charge is 0.327 e. The lowest BCUT2D eigenvalue weighted by Crippen LogP contribution is -2.25. The molecule has 0 aliphatic carbocycles. The van der Waals surface area contributed by atoms with E-state index in [1.54, 1.807) is 18.3 Å². The number of carbonyl (C=O) groups excluding carboxylic acids is 1. The van der Waals surface area contributed by atoms with Gasteiger partial charge in [-0.05, 0) is 17.2 Å². The monoisotopic (exact) mass is 319 g/mol. The Morgan fingerprint density at radius 2 is 1.38 bits per heavy atom. The molecule has 3 aromatic rings. The molecule has 1 aromatic heterocycles. The van der Waals surface area contributed by atoms with E-state index in [4.69, 9.17) is 4.74 Å². The van der Waals surface area contributed by atoms with Crippen LogP contribution in [0.3, 0.4) is 0 Å². The molecule has 4 heteroatoms. The third-order valence-electron chi connectivity index (χ3n) is 3.65. The number of aromatic nitrogens is 1. The Hall–Kier alpha value is -3.14. The molecule has 0 saturated carbocycles. The molecule has 0 saturated heterocycles. The predicted octanol–water partition coefficient (Wildman–Crippen LogP) is 3.18. The molecule has 0 aliphatic rings. The lowest BCUT2D eigenvalue weighted by atomic mass is 10.0. The van der Waals surface area contributed by atoms with E-state index in [2.05, 4.69) is 0 Å². The van der Waals surface area contributed by atoms with E-state index in [9.17, 15) is 9.59 Å². The van der Waals surface area contributed by atoms with E-state index < -0.39 is 12.1 Å². The van der Waals surface area contributed by atoms with Crippen LogP contribution in [0.25, 0.3) is 0 Å². The van der Waals surface area contributed by atoms with Gasteiger partial charge in [0.2, 0.25) is 0 Å². The van der Waals surface area contributed by atoms with Gasteiger partial charge in [0.05, 0.1) is 0 Å². The van der Waals surface area contributed by atoms with Crippen molar-refractivity contribution >= 4 is 5.97 Å². The number of pyridine rings is 1. The van der Waals surface area contributed by atoms with Gasteiger partial charge in [0.25, 0.3) is 5.56 Å². The molecule has 0 N–H and O–H groups in total. The van der Waals surface area contributed by atoms with Crippen molar-refractivity contribution in [2.75, 3.05) is 0 Å². The molecule has 1 heterocycles. The van der Waals surface area contributed by atoms with Gasteiger partial charge < -0.3 is 9.30 Å². The minimum absolute atomic E-state index is 0.115. The first-order valence-electron chi connectivity index (χ1n) is 7.69. The number of hydrogen-bond donors (Lipinski definition) is 0. The minimum Gasteiger partial charge on any atom is -0.451 e. The van der Waals surface area contributed by atoms with Crippen molar-refractivity contribution in [1.82, 2.24) is 4.57 Å². The van der Waals surface area contributed by atoms with Crippen molar-refractivity contribution in [3.63, 3.8) is 0 Å². The van der Waals surface area contributed by atoms with Crippen LogP contribution in [0.5, 0.6) is 0 Å². The summed E-state index contributed by atoms with van der Waals surface area (Å²) >= 11 is 0. The molecule has 3 rings (SSSR count). The third kappa shape index (κ3) is 3.79. The van der Waals surface area contributed by atoms with Crippen LogP contribution in [0.4, 0.5) is 0 Å². The summed E-state index contributed by atoms with van der Waals surface area (Å²) in [6.45, 7) is -0.115. The fourth-order valence-corrected chi connectivity index (χ4v) is 2.48. The normalized spacial score (nSPS) is 10.5. The second kappa shape index (κ2) is 7.42. The van der Waals surface area contributed by atoms with E-state index >= 15 is 0 Å². The highest BCUT2D eigenvalue weighted by atomic mass is 16.5. The summed E-state index contributed by atoms with van der Waals surface area (Å²) in [5.74, 6) is -0.457. The summed E-state index contributed by atoms with van der Waals surface area (Å²) in [5.41, 5.74) is 1.54. The molecule has 0 bridgehead atoms. The second-order valence-corrected chi connectivity index (χ2v) is 5.36. The minimum atomic E-state index is -0.501. The number of rotatable bonds is 5. The molecule has 0 spiro atoms. The van der Waals surface area contributed by atoms with Crippen molar-refractivity contribution in [1.29, 1.82) is 0 Å². The summed E-state index contributed by atoms with van der Waals surface area (Å²) in [6, 6.07) is 23.9. The highest BCUT2D eigenvalue weighted by Gasteiger charge is 2.19. The maximum Gasteiger partial charge on any atom is 0.327 e. The summed E-state index contributed by atoms with van der Waals surface area (Å²) in [6.07, 6.45) is 1.07. The molecule has 4 nitrogen and oxygen atoms in total. The average Bonchev–Trinajstić information content (AvgIpc) is 2.63. The lowest BCUT2D eigenvalue weighted by Gasteiger charge is -2.19. The Labute approximate surface area is 140 Å². The number of nitrogens with zero attached hydrogens (tertiary/aromatic N) is 1. The molecular formula is C20H17NO3. The highest BCUT2D eigenvalue weighted by Crippen LogP contribution is 2.25. The van der Waals surface area contributed by atoms with Gasteiger partial charge in [-0.15, -0.1) is 0 Å². The summed E-state index contributed by atoms with van der Waals surface area (Å²) in [4.78, 5) is 24.1. The van der Waals surface area contributed by atoms with E-state index in [0.717, 1.165) is 11.1 Å². The van der Waals surface area contributed by atoms with Crippen LogP contribution in [-0.2, 0) is 16.1 Å². The van der Waals surface area contributed by atoms with Crippen LogP contribution in [0.2, 0.25) is 0 Å². The quantitative estimate of drug-likeness (QED) is 0.679. The Bertz CT molecular complexity index is 817. The topological polar surface area (TPSA) is 48.3 Å². The van der Waals surface area contributed by atoms with Crippen molar-refractivity contribution < 1.29 is 9.53 Å². The summed E-state index contributed by atoms with van der Waals surface area (Å²) < 4.78 is 7.01. The molecule has 2 aromatic carbocycles. The first-order chi connectivity index (χ1) is 11.7. The molecule has 0 amide bonds. The Kier molecular flexibility index (Phi) is 4.87. The summed E-state index contributed by atoms with van der Waals surface area (Å²) in [7, 11) is 0. The third-order valence-corrected chi connectivity index (χ3v) is 3.65. The Balaban J connectivity index is 1.83. The van der Waals surface area contributed by atoms with E-state index in [1.165, 1.54) is 10.6 Å². The van der Waals surface area contributed by atoms with Crippen molar-refractivity contribution in [2.24, 2.45) is 0 Å². The number of hydrogen-bond acceptors (Lipinski definition) is 3. The number of benzene rings is 2. The van der Waals surface area contributed by atoms with Gasteiger partial charge in [0, 0.05) is 12.3 Å². The van der Waals surface area contributed by atoms with Crippen molar-refractivity contribution in [2.45, 2.75) is 12.6 Å². The van der Waals surface area contributed by atoms with Gasteiger partial charge in [-0.2, -0.15) is 0 Å². The van der Waals surface area contributed by atoms with Crippen LogP contribution in [0.1, 0.15) is 17.2 Å². The zero-order chi connectivity index (χ0) is 16.8. The van der Waals surface area contributed by atoms with Crippen LogP contribution in [0.15, 0.2) is 89.9 Å². The molecule has 0 atom stereocenters. The maximum absolute atomic E-state index is 12.3. The fourth-order valence-electron chi connectivity index (χ4n) is 2.48. The Morgan fingerprint density at radius 1 is 0.833 bits per heavy atom. The van der Waals surface area contributed by atoms with Gasteiger partial charge in [-0.3, -0.25) is 9.59 Å². The van der Waals surface area contributed by atoms with Crippen LogP contribution >= 0.6 is 0 Å². The van der Waals surface area contributed by atoms with Crippen LogP contribution < -0.4 is 5.56 Å². The number of esters is 1. The molecule has 0 radical (unpaired) electrons. The van der Waals surface area contributed by atoms with E-state index in [1.807, 2.05) is 60.7 Å². The van der Waals surface area contributed by atoms with Gasteiger partial charge >= 0.3 is 5.97 Å². The first kappa shape index (κ1) is 15.7. The standard InChI is InChI=1S/C20H17NO3/c22-18-13-7-8-14-21(18)15-19(23)24-20(16-9-3-1-4-10-16)17-11-5-2-6-12-17/h1-14,20H,15H2. The van der Waals surface area contributed by atoms with Crippen LogP contribution in [-0.4, -0.2) is 10.5 Å². The lowest BCUT2D eigenvalue weighted by molar-refractivity contribution is -0.148.